The Morgan fingerprint density at radius 2 is 1.40 bits per heavy atom. The van der Waals surface area contributed by atoms with Crippen LogP contribution in [0.1, 0.15) is 16.8 Å². The van der Waals surface area contributed by atoms with E-state index in [4.69, 9.17) is 9.97 Å². The van der Waals surface area contributed by atoms with Crippen LogP contribution >= 0.6 is 0 Å². The maximum Gasteiger partial charge on any atom is 0.269 e. The summed E-state index contributed by atoms with van der Waals surface area (Å²) in [6.45, 7) is 5.98. The third kappa shape index (κ3) is 4.65. The SMILES string of the molecule is Cc1cc(C)cc(Nc2nc3ccccc3nc2Nc2cc(C)nn2-c2ccc([N+](=O)[O-])cc2)c1. The van der Waals surface area contributed by atoms with Crippen LogP contribution in [-0.2, 0) is 0 Å². The lowest BCUT2D eigenvalue weighted by Gasteiger charge is -2.15. The van der Waals surface area contributed by atoms with Gasteiger partial charge in [0.1, 0.15) is 5.82 Å². The largest absolute Gasteiger partial charge is 0.337 e. The van der Waals surface area contributed by atoms with Crippen LogP contribution in [0.4, 0.5) is 28.8 Å². The van der Waals surface area contributed by atoms with Crippen molar-refractivity contribution in [3.63, 3.8) is 0 Å². The summed E-state index contributed by atoms with van der Waals surface area (Å²) in [4.78, 5) is 20.3. The maximum atomic E-state index is 11.0. The average molecular weight is 466 g/mol. The van der Waals surface area contributed by atoms with Crippen LogP contribution in [0, 0.1) is 30.9 Å². The molecule has 0 saturated heterocycles. The summed E-state index contributed by atoms with van der Waals surface area (Å²) >= 11 is 0. The maximum absolute atomic E-state index is 11.0. The number of anilines is 4. The second-order valence-electron chi connectivity index (χ2n) is 8.39. The Labute approximate surface area is 201 Å². The third-order valence-electron chi connectivity index (χ3n) is 5.44. The number of nitrogens with one attached hydrogen (secondary N) is 2. The molecule has 0 saturated carbocycles. The number of nitro groups is 1. The first-order chi connectivity index (χ1) is 16.9. The van der Waals surface area contributed by atoms with Gasteiger partial charge < -0.3 is 10.6 Å². The Balaban J connectivity index is 1.57. The highest BCUT2D eigenvalue weighted by molar-refractivity contribution is 5.83. The van der Waals surface area contributed by atoms with E-state index >= 15 is 0 Å². The van der Waals surface area contributed by atoms with Crippen molar-refractivity contribution in [2.75, 3.05) is 10.6 Å². The Morgan fingerprint density at radius 3 is 2.00 bits per heavy atom. The van der Waals surface area contributed by atoms with E-state index in [-0.39, 0.29) is 5.69 Å². The van der Waals surface area contributed by atoms with E-state index in [2.05, 4.69) is 47.8 Å². The molecule has 0 spiro atoms. The molecular formula is C26H23N7O2. The number of aryl methyl sites for hydroxylation is 3. The van der Waals surface area contributed by atoms with Crippen LogP contribution in [0.2, 0.25) is 0 Å². The normalized spacial score (nSPS) is 10.9. The van der Waals surface area contributed by atoms with Crippen molar-refractivity contribution in [1.29, 1.82) is 0 Å². The minimum absolute atomic E-state index is 0.0208. The van der Waals surface area contributed by atoms with Gasteiger partial charge in [-0.1, -0.05) is 18.2 Å². The van der Waals surface area contributed by atoms with Gasteiger partial charge in [0.05, 0.1) is 27.3 Å². The summed E-state index contributed by atoms with van der Waals surface area (Å²) in [6.07, 6.45) is 0. The predicted molar refractivity (Wildman–Crippen MR) is 137 cm³/mol. The Hall–Kier alpha value is -4.79. The van der Waals surface area contributed by atoms with Crippen molar-refractivity contribution in [3.05, 3.63) is 99.7 Å². The smallest absolute Gasteiger partial charge is 0.269 e. The lowest BCUT2D eigenvalue weighted by Crippen LogP contribution is -2.07. The van der Waals surface area contributed by atoms with Gasteiger partial charge in [-0.25, -0.2) is 14.6 Å². The molecule has 0 bridgehead atoms. The van der Waals surface area contributed by atoms with Gasteiger partial charge in [0.15, 0.2) is 11.6 Å². The van der Waals surface area contributed by atoms with Gasteiger partial charge in [0, 0.05) is 23.9 Å². The van der Waals surface area contributed by atoms with Crippen LogP contribution in [0.5, 0.6) is 0 Å². The van der Waals surface area contributed by atoms with E-state index < -0.39 is 4.92 Å². The van der Waals surface area contributed by atoms with Gasteiger partial charge in [0.25, 0.3) is 5.69 Å². The van der Waals surface area contributed by atoms with Crippen molar-refractivity contribution >= 4 is 39.9 Å². The molecule has 2 N–H and O–H groups in total. The molecule has 9 heteroatoms. The van der Waals surface area contributed by atoms with Gasteiger partial charge in [0.2, 0.25) is 0 Å². The zero-order valence-corrected chi connectivity index (χ0v) is 19.5. The van der Waals surface area contributed by atoms with E-state index in [1.165, 1.54) is 12.1 Å². The summed E-state index contributed by atoms with van der Waals surface area (Å²) in [6, 6.07) is 22.0. The fraction of sp³-hybridized carbons (Fsp3) is 0.115. The number of para-hydroxylation sites is 2. The molecular weight excluding hydrogens is 442 g/mol. The highest BCUT2D eigenvalue weighted by Gasteiger charge is 2.15. The number of aromatic nitrogens is 4. The zero-order valence-electron chi connectivity index (χ0n) is 19.5. The van der Waals surface area contributed by atoms with Crippen molar-refractivity contribution in [1.82, 2.24) is 19.7 Å². The molecule has 0 amide bonds. The number of rotatable bonds is 6. The van der Waals surface area contributed by atoms with Crippen LogP contribution in [0.3, 0.4) is 0 Å². The van der Waals surface area contributed by atoms with Gasteiger partial charge in [-0.15, -0.1) is 0 Å². The molecule has 0 aliphatic carbocycles. The summed E-state index contributed by atoms with van der Waals surface area (Å²) in [5.41, 5.74) is 6.20. The Kier molecular flexibility index (Phi) is 5.58. The molecule has 0 radical (unpaired) electrons. The Bertz CT molecular complexity index is 1540. The first-order valence-corrected chi connectivity index (χ1v) is 11.1. The van der Waals surface area contributed by atoms with E-state index in [0.717, 1.165) is 33.5 Å². The number of fused-ring (bicyclic) bond motifs is 1. The average Bonchev–Trinajstić information content (AvgIpc) is 3.18. The number of non-ortho nitro benzene ring substituents is 1. The number of hydrogen-bond acceptors (Lipinski definition) is 7. The van der Waals surface area contributed by atoms with Crippen molar-refractivity contribution < 1.29 is 4.92 Å². The van der Waals surface area contributed by atoms with Crippen LogP contribution < -0.4 is 10.6 Å². The lowest BCUT2D eigenvalue weighted by molar-refractivity contribution is -0.384. The predicted octanol–water partition coefficient (Wildman–Crippen LogP) is 6.14. The molecule has 9 nitrogen and oxygen atoms in total. The van der Waals surface area contributed by atoms with Gasteiger partial charge in [-0.2, -0.15) is 5.10 Å². The molecule has 35 heavy (non-hydrogen) atoms. The monoisotopic (exact) mass is 465 g/mol. The van der Waals surface area contributed by atoms with Crippen LogP contribution in [-0.4, -0.2) is 24.7 Å². The lowest BCUT2D eigenvalue weighted by atomic mass is 10.1. The fourth-order valence-corrected chi connectivity index (χ4v) is 3.98. The topological polar surface area (TPSA) is 111 Å². The summed E-state index contributed by atoms with van der Waals surface area (Å²) in [7, 11) is 0. The number of nitro benzene ring substituents is 1. The minimum Gasteiger partial charge on any atom is -0.337 e. The van der Waals surface area contributed by atoms with Crippen molar-refractivity contribution in [2.45, 2.75) is 20.8 Å². The molecule has 0 fully saturated rings. The van der Waals surface area contributed by atoms with Crippen LogP contribution in [0.25, 0.3) is 16.7 Å². The highest BCUT2D eigenvalue weighted by Crippen LogP contribution is 2.30. The van der Waals surface area contributed by atoms with E-state index in [1.54, 1.807) is 16.8 Å². The zero-order chi connectivity index (χ0) is 24.5. The molecule has 0 atom stereocenters. The fourth-order valence-electron chi connectivity index (χ4n) is 3.98. The molecule has 0 aliphatic heterocycles. The number of benzene rings is 3. The van der Waals surface area contributed by atoms with Crippen molar-refractivity contribution in [3.8, 4) is 5.69 Å². The minimum atomic E-state index is -0.424. The first-order valence-electron chi connectivity index (χ1n) is 11.1. The van der Waals surface area contributed by atoms with E-state index in [0.29, 0.717) is 23.1 Å². The second-order valence-corrected chi connectivity index (χ2v) is 8.39. The van der Waals surface area contributed by atoms with Crippen molar-refractivity contribution in [2.24, 2.45) is 0 Å². The molecule has 5 aromatic rings. The molecule has 0 unspecified atom stereocenters. The van der Waals surface area contributed by atoms with E-state index in [1.807, 2.05) is 37.3 Å². The van der Waals surface area contributed by atoms with Gasteiger partial charge in [-0.05, 0) is 68.3 Å². The number of hydrogen-bond donors (Lipinski definition) is 2. The first kappa shape index (κ1) is 22.0. The van der Waals surface area contributed by atoms with E-state index in [9.17, 15) is 10.1 Å². The number of nitrogens with zero attached hydrogens (tertiary/aromatic N) is 5. The second kappa shape index (κ2) is 8.86. The summed E-state index contributed by atoms with van der Waals surface area (Å²) in [5.74, 6) is 1.76. The standard InChI is InChI=1S/C26H23N7O2/c1-16-12-17(2)14-19(13-16)27-25-26(29-23-7-5-4-6-22(23)28-25)30-24-15-18(3)31-32(24)20-8-10-21(11-9-20)33(34)35/h4-15H,1-3H3,(H,27,28)(H,29,30). The van der Waals surface area contributed by atoms with Crippen LogP contribution in [0.15, 0.2) is 72.8 Å². The van der Waals surface area contributed by atoms with Gasteiger partial charge in [-0.3, -0.25) is 10.1 Å². The summed E-state index contributed by atoms with van der Waals surface area (Å²) in [5, 5.41) is 22.4. The highest BCUT2D eigenvalue weighted by atomic mass is 16.6. The molecule has 2 heterocycles. The molecule has 3 aromatic carbocycles. The quantitative estimate of drug-likeness (QED) is 0.229. The third-order valence-corrected chi connectivity index (χ3v) is 5.44. The molecule has 5 rings (SSSR count). The molecule has 2 aromatic heterocycles. The summed E-state index contributed by atoms with van der Waals surface area (Å²) < 4.78 is 1.69. The Morgan fingerprint density at radius 1 is 0.800 bits per heavy atom. The molecule has 0 aliphatic rings. The molecule has 174 valence electrons. The van der Waals surface area contributed by atoms with Gasteiger partial charge >= 0.3 is 0 Å².